The minimum absolute atomic E-state index is 0.0504. The van der Waals surface area contributed by atoms with Gasteiger partial charge in [0.25, 0.3) is 21.8 Å². The fourth-order valence-electron chi connectivity index (χ4n) is 2.86. The third-order valence-electron chi connectivity index (χ3n) is 4.27. The molecular weight excluding hydrogens is 414 g/mol. The Hall–Kier alpha value is -3.65. The van der Waals surface area contributed by atoms with E-state index in [1.807, 2.05) is 13.8 Å². The van der Waals surface area contributed by atoms with Crippen LogP contribution in [0.15, 0.2) is 83.8 Å². The molecule has 0 bridgehead atoms. The van der Waals surface area contributed by atoms with E-state index in [4.69, 9.17) is 0 Å². The number of rotatable bonds is 7. The van der Waals surface area contributed by atoms with E-state index >= 15 is 0 Å². The zero-order valence-electron chi connectivity index (χ0n) is 17.1. The van der Waals surface area contributed by atoms with E-state index < -0.39 is 15.9 Å². The quantitative estimate of drug-likeness (QED) is 0.522. The first-order chi connectivity index (χ1) is 14.8. The minimum Gasteiger partial charge on any atom is -0.350 e. The van der Waals surface area contributed by atoms with Gasteiger partial charge in [0.1, 0.15) is 0 Å². The molecular formula is C23H23N3O4S. The molecule has 8 heteroatoms. The van der Waals surface area contributed by atoms with Gasteiger partial charge in [0.15, 0.2) is 0 Å². The van der Waals surface area contributed by atoms with E-state index in [1.165, 1.54) is 18.2 Å². The van der Waals surface area contributed by atoms with Gasteiger partial charge in [-0.3, -0.25) is 14.3 Å². The number of benzene rings is 3. The summed E-state index contributed by atoms with van der Waals surface area (Å²) in [7, 11) is -3.78. The number of sulfonamides is 1. The van der Waals surface area contributed by atoms with Gasteiger partial charge in [-0.2, -0.15) is 0 Å². The molecule has 3 aromatic carbocycles. The maximum atomic E-state index is 12.8. The minimum atomic E-state index is -3.78. The standard InChI is InChI=1S/C23H23N3O4S/c1-16(2)24-23(28)20-13-6-7-14-21(20)25-22(27)17-9-8-10-18(15-17)26-31(29,30)19-11-4-3-5-12-19/h3-16,26H,1-2H3,(H,24,28)(H,25,27). The van der Waals surface area contributed by atoms with Gasteiger partial charge in [-0.05, 0) is 56.3 Å². The maximum Gasteiger partial charge on any atom is 0.261 e. The molecule has 7 nitrogen and oxygen atoms in total. The highest BCUT2D eigenvalue weighted by Gasteiger charge is 2.17. The van der Waals surface area contributed by atoms with Gasteiger partial charge < -0.3 is 10.6 Å². The first-order valence-electron chi connectivity index (χ1n) is 9.65. The summed E-state index contributed by atoms with van der Waals surface area (Å²) in [5.41, 5.74) is 1.20. The van der Waals surface area contributed by atoms with Crippen LogP contribution in [-0.2, 0) is 10.0 Å². The molecule has 0 aromatic heterocycles. The molecule has 3 N–H and O–H groups in total. The highest BCUT2D eigenvalue weighted by atomic mass is 32.2. The first-order valence-corrected chi connectivity index (χ1v) is 11.1. The number of amides is 2. The Morgan fingerprint density at radius 1 is 0.806 bits per heavy atom. The summed E-state index contributed by atoms with van der Waals surface area (Å²) in [5, 5.41) is 5.52. The predicted octanol–water partition coefficient (Wildman–Crippen LogP) is 3.88. The fourth-order valence-corrected chi connectivity index (χ4v) is 3.93. The largest absolute Gasteiger partial charge is 0.350 e. The van der Waals surface area contributed by atoms with E-state index in [-0.39, 0.29) is 28.1 Å². The Morgan fingerprint density at radius 3 is 2.19 bits per heavy atom. The monoisotopic (exact) mass is 437 g/mol. The summed E-state index contributed by atoms with van der Waals surface area (Å²) in [4.78, 5) is 25.3. The normalized spacial score (nSPS) is 11.1. The Labute approximate surface area is 181 Å². The van der Waals surface area contributed by atoms with Crippen LogP contribution in [0.1, 0.15) is 34.6 Å². The molecule has 0 unspecified atom stereocenters. The molecule has 0 saturated carbocycles. The Bertz CT molecular complexity index is 1190. The number of anilines is 2. The molecule has 0 heterocycles. The predicted molar refractivity (Wildman–Crippen MR) is 121 cm³/mol. The van der Waals surface area contributed by atoms with Crippen LogP contribution in [-0.4, -0.2) is 26.3 Å². The summed E-state index contributed by atoms with van der Waals surface area (Å²) < 4.78 is 27.5. The summed E-state index contributed by atoms with van der Waals surface area (Å²) in [6, 6.07) is 20.7. The molecule has 3 rings (SSSR count). The van der Waals surface area contributed by atoms with E-state index in [9.17, 15) is 18.0 Å². The summed E-state index contributed by atoms with van der Waals surface area (Å²) in [6.45, 7) is 3.70. The Kier molecular flexibility index (Phi) is 6.71. The van der Waals surface area contributed by atoms with Crippen LogP contribution in [0.2, 0.25) is 0 Å². The van der Waals surface area contributed by atoms with Gasteiger partial charge in [0.2, 0.25) is 0 Å². The fraction of sp³-hybridized carbons (Fsp3) is 0.130. The first kappa shape index (κ1) is 22.0. The second-order valence-corrected chi connectivity index (χ2v) is 8.81. The SMILES string of the molecule is CC(C)NC(=O)c1ccccc1NC(=O)c1cccc(NS(=O)(=O)c2ccccc2)c1. The van der Waals surface area contributed by atoms with Crippen molar-refractivity contribution >= 4 is 33.2 Å². The molecule has 0 atom stereocenters. The molecule has 0 saturated heterocycles. The molecule has 0 fully saturated rings. The van der Waals surface area contributed by atoms with Gasteiger partial charge >= 0.3 is 0 Å². The summed E-state index contributed by atoms with van der Waals surface area (Å²) in [5.74, 6) is -0.763. The van der Waals surface area contributed by atoms with Crippen molar-refractivity contribution in [2.24, 2.45) is 0 Å². The van der Waals surface area contributed by atoms with Crippen molar-refractivity contribution in [1.29, 1.82) is 0 Å². The van der Waals surface area contributed by atoms with Crippen LogP contribution in [0.4, 0.5) is 11.4 Å². The number of carbonyl (C=O) groups is 2. The average Bonchev–Trinajstić information content (AvgIpc) is 2.74. The van der Waals surface area contributed by atoms with Crippen LogP contribution in [0.3, 0.4) is 0 Å². The van der Waals surface area contributed by atoms with Crippen LogP contribution in [0, 0.1) is 0 Å². The summed E-state index contributed by atoms with van der Waals surface area (Å²) >= 11 is 0. The molecule has 0 aliphatic heterocycles. The van der Waals surface area contributed by atoms with Crippen molar-refractivity contribution in [1.82, 2.24) is 5.32 Å². The van der Waals surface area contributed by atoms with Crippen molar-refractivity contribution in [2.75, 3.05) is 10.0 Å². The molecule has 0 radical (unpaired) electrons. The highest BCUT2D eigenvalue weighted by molar-refractivity contribution is 7.92. The number of hydrogen-bond acceptors (Lipinski definition) is 4. The zero-order valence-corrected chi connectivity index (χ0v) is 17.9. The highest BCUT2D eigenvalue weighted by Crippen LogP contribution is 2.20. The third kappa shape index (κ3) is 5.70. The second-order valence-electron chi connectivity index (χ2n) is 7.13. The van der Waals surface area contributed by atoms with Crippen LogP contribution in [0.25, 0.3) is 0 Å². The molecule has 0 spiro atoms. The van der Waals surface area contributed by atoms with Crippen LogP contribution < -0.4 is 15.4 Å². The number of hydrogen-bond donors (Lipinski definition) is 3. The molecule has 2 amide bonds. The van der Waals surface area contributed by atoms with Gasteiger partial charge in [-0.25, -0.2) is 8.42 Å². The maximum absolute atomic E-state index is 12.8. The lowest BCUT2D eigenvalue weighted by Gasteiger charge is -2.14. The average molecular weight is 438 g/mol. The third-order valence-corrected chi connectivity index (χ3v) is 5.67. The Morgan fingerprint density at radius 2 is 1.48 bits per heavy atom. The van der Waals surface area contributed by atoms with E-state index in [0.717, 1.165) is 0 Å². The van der Waals surface area contributed by atoms with Crippen molar-refractivity contribution in [3.05, 3.63) is 90.0 Å². The zero-order chi connectivity index (χ0) is 22.4. The number of para-hydroxylation sites is 1. The summed E-state index contributed by atoms with van der Waals surface area (Å²) in [6.07, 6.45) is 0. The molecule has 0 aliphatic carbocycles. The molecule has 3 aromatic rings. The van der Waals surface area contributed by atoms with E-state index in [1.54, 1.807) is 60.7 Å². The Balaban J connectivity index is 1.80. The second kappa shape index (κ2) is 9.44. The molecule has 160 valence electrons. The lowest BCUT2D eigenvalue weighted by Crippen LogP contribution is -2.31. The lowest BCUT2D eigenvalue weighted by molar-refractivity contribution is 0.0944. The van der Waals surface area contributed by atoms with Crippen LogP contribution in [0.5, 0.6) is 0 Å². The van der Waals surface area contributed by atoms with Crippen LogP contribution >= 0.6 is 0 Å². The van der Waals surface area contributed by atoms with Gasteiger partial charge in [0.05, 0.1) is 16.1 Å². The smallest absolute Gasteiger partial charge is 0.261 e. The van der Waals surface area contributed by atoms with Crippen molar-refractivity contribution < 1.29 is 18.0 Å². The molecule has 0 aliphatic rings. The molecule has 31 heavy (non-hydrogen) atoms. The van der Waals surface area contributed by atoms with Crippen molar-refractivity contribution in [2.45, 2.75) is 24.8 Å². The number of nitrogens with one attached hydrogen (secondary N) is 3. The van der Waals surface area contributed by atoms with E-state index in [0.29, 0.717) is 11.3 Å². The van der Waals surface area contributed by atoms with Gasteiger partial charge in [0, 0.05) is 17.3 Å². The van der Waals surface area contributed by atoms with Crippen molar-refractivity contribution in [3.8, 4) is 0 Å². The van der Waals surface area contributed by atoms with Crippen molar-refractivity contribution in [3.63, 3.8) is 0 Å². The topological polar surface area (TPSA) is 104 Å². The lowest BCUT2D eigenvalue weighted by atomic mass is 10.1. The van der Waals surface area contributed by atoms with Gasteiger partial charge in [-0.1, -0.05) is 36.4 Å². The van der Waals surface area contributed by atoms with Gasteiger partial charge in [-0.15, -0.1) is 0 Å². The van der Waals surface area contributed by atoms with E-state index in [2.05, 4.69) is 15.4 Å². The number of carbonyl (C=O) groups excluding carboxylic acids is 2.